The van der Waals surface area contributed by atoms with E-state index in [2.05, 4.69) is 4.74 Å². The van der Waals surface area contributed by atoms with Crippen molar-refractivity contribution >= 4 is 24.2 Å². The Labute approximate surface area is 142 Å². The lowest BCUT2D eigenvalue weighted by Crippen LogP contribution is -2.41. The van der Waals surface area contributed by atoms with Gasteiger partial charge in [0.15, 0.2) is 0 Å². The Balaban J connectivity index is 0.00000139. The molecule has 1 aliphatic heterocycles. The van der Waals surface area contributed by atoms with Gasteiger partial charge < -0.3 is 14.0 Å². The fourth-order valence-corrected chi connectivity index (χ4v) is 2.09. The molecule has 8 heteroatoms. The summed E-state index contributed by atoms with van der Waals surface area (Å²) >= 11 is 0. The van der Waals surface area contributed by atoms with Crippen molar-refractivity contribution in [3.8, 4) is 0 Å². The van der Waals surface area contributed by atoms with Crippen molar-refractivity contribution in [2.75, 3.05) is 7.11 Å². The summed E-state index contributed by atoms with van der Waals surface area (Å²) in [6.07, 6.45) is 0. The number of carbonyl (C=O) groups is 1. The molecule has 1 aromatic carbocycles. The van der Waals surface area contributed by atoms with E-state index in [9.17, 15) is 14.9 Å². The number of nitrogens with zero attached hydrogens (tertiary/aromatic N) is 1. The van der Waals surface area contributed by atoms with Crippen molar-refractivity contribution in [3.05, 3.63) is 33.9 Å². The number of rotatable bonds is 3. The van der Waals surface area contributed by atoms with Crippen molar-refractivity contribution in [3.63, 3.8) is 0 Å². The average molecular weight is 337 g/mol. The molecule has 7 nitrogen and oxygen atoms in total. The van der Waals surface area contributed by atoms with Crippen molar-refractivity contribution in [1.29, 1.82) is 0 Å². The first kappa shape index (κ1) is 20.1. The van der Waals surface area contributed by atoms with E-state index in [0.717, 1.165) is 0 Å². The summed E-state index contributed by atoms with van der Waals surface area (Å²) in [7, 11) is 0.434. The van der Waals surface area contributed by atoms with Crippen LogP contribution in [0.4, 0.5) is 5.69 Å². The standard InChI is InChI=1S/C14H18BNO6.C2H6/c1-13(2)14(3,4)22-15(21-13)10-6-9(12(17)20-5)7-11(8-10)16(18)19;1-2/h6-8H,1-5H3;1-2H3. The van der Waals surface area contributed by atoms with Gasteiger partial charge in [0.05, 0.1) is 28.8 Å². The van der Waals surface area contributed by atoms with Crippen LogP contribution in [0.5, 0.6) is 0 Å². The average Bonchev–Trinajstić information content (AvgIpc) is 2.76. The molecule has 0 atom stereocenters. The van der Waals surface area contributed by atoms with Crippen LogP contribution < -0.4 is 5.46 Å². The van der Waals surface area contributed by atoms with Crippen molar-refractivity contribution in [2.45, 2.75) is 52.7 Å². The Morgan fingerprint density at radius 2 is 1.62 bits per heavy atom. The van der Waals surface area contributed by atoms with Crippen LogP contribution >= 0.6 is 0 Å². The third-order valence-corrected chi connectivity index (χ3v) is 4.10. The number of benzene rings is 1. The largest absolute Gasteiger partial charge is 0.495 e. The topological polar surface area (TPSA) is 87.9 Å². The highest BCUT2D eigenvalue weighted by Gasteiger charge is 2.52. The Morgan fingerprint density at radius 1 is 1.12 bits per heavy atom. The minimum absolute atomic E-state index is 0.0846. The lowest BCUT2D eigenvalue weighted by molar-refractivity contribution is -0.384. The summed E-state index contributed by atoms with van der Waals surface area (Å²) in [5, 5.41) is 11.1. The van der Waals surface area contributed by atoms with Crippen LogP contribution in [0.3, 0.4) is 0 Å². The zero-order valence-corrected chi connectivity index (χ0v) is 15.2. The molecule has 0 N–H and O–H groups in total. The highest BCUT2D eigenvalue weighted by atomic mass is 16.7. The second-order valence-electron chi connectivity index (χ2n) is 6.15. The van der Waals surface area contributed by atoms with Crippen molar-refractivity contribution in [1.82, 2.24) is 0 Å². The van der Waals surface area contributed by atoms with Gasteiger partial charge in [-0.1, -0.05) is 13.8 Å². The monoisotopic (exact) mass is 337 g/mol. The molecule has 0 radical (unpaired) electrons. The van der Waals surface area contributed by atoms with Gasteiger partial charge in [-0.25, -0.2) is 4.79 Å². The quantitative estimate of drug-likeness (QED) is 0.365. The fourth-order valence-electron chi connectivity index (χ4n) is 2.09. The fraction of sp³-hybridized carbons (Fsp3) is 0.562. The lowest BCUT2D eigenvalue weighted by atomic mass is 9.78. The van der Waals surface area contributed by atoms with Gasteiger partial charge in [0.25, 0.3) is 5.69 Å². The van der Waals surface area contributed by atoms with Crippen molar-refractivity contribution in [2.24, 2.45) is 0 Å². The molecule has 0 aliphatic carbocycles. The van der Waals surface area contributed by atoms with E-state index < -0.39 is 29.2 Å². The zero-order chi connectivity index (χ0) is 18.7. The first-order valence-corrected chi connectivity index (χ1v) is 7.81. The van der Waals surface area contributed by atoms with Gasteiger partial charge in [0, 0.05) is 12.1 Å². The van der Waals surface area contributed by atoms with Crippen LogP contribution in [-0.2, 0) is 14.0 Å². The Morgan fingerprint density at radius 3 is 2.04 bits per heavy atom. The summed E-state index contributed by atoms with van der Waals surface area (Å²) < 4.78 is 16.3. The number of nitro groups is 1. The van der Waals surface area contributed by atoms with Crippen LogP contribution in [0, 0.1) is 10.1 Å². The molecular formula is C16H24BNO6. The predicted octanol–water partition coefficient (Wildman–Crippen LogP) is 2.71. The van der Waals surface area contributed by atoms with Crippen LogP contribution in [0.2, 0.25) is 0 Å². The summed E-state index contributed by atoms with van der Waals surface area (Å²) in [5.74, 6) is -0.651. The molecule has 0 unspecified atom stereocenters. The van der Waals surface area contributed by atoms with Gasteiger partial charge in [-0.2, -0.15) is 0 Å². The molecule has 1 heterocycles. The zero-order valence-electron chi connectivity index (χ0n) is 15.2. The predicted molar refractivity (Wildman–Crippen MR) is 91.5 cm³/mol. The number of methoxy groups -OCH3 is 1. The number of carbonyl (C=O) groups excluding carboxylic acids is 1. The first-order valence-electron chi connectivity index (χ1n) is 7.81. The summed E-state index contributed by atoms with van der Waals surface area (Å²) in [4.78, 5) is 22.2. The number of ether oxygens (including phenoxy) is 1. The third kappa shape index (κ3) is 3.94. The molecule has 0 spiro atoms. The summed E-state index contributed by atoms with van der Waals surface area (Å²) in [6, 6.07) is 4.00. The molecule has 24 heavy (non-hydrogen) atoms. The van der Waals surface area contributed by atoms with E-state index in [1.165, 1.54) is 25.3 Å². The first-order chi connectivity index (χ1) is 11.1. The van der Waals surface area contributed by atoms with Gasteiger partial charge in [0.1, 0.15) is 0 Å². The normalized spacial score (nSPS) is 17.7. The van der Waals surface area contributed by atoms with Gasteiger partial charge in [-0.3, -0.25) is 10.1 Å². The summed E-state index contributed by atoms with van der Waals surface area (Å²) in [5.41, 5.74) is -0.871. The maximum atomic E-state index is 11.7. The molecule has 1 fully saturated rings. The molecule has 1 aromatic rings. The Bertz CT molecular complexity index is 613. The SMILES string of the molecule is CC.COC(=O)c1cc(B2OC(C)(C)C(C)(C)O2)cc([N+](=O)[O-])c1. The van der Waals surface area contributed by atoms with E-state index in [4.69, 9.17) is 9.31 Å². The third-order valence-electron chi connectivity index (χ3n) is 4.10. The molecule has 0 bridgehead atoms. The van der Waals surface area contributed by atoms with Crippen LogP contribution in [0.1, 0.15) is 51.9 Å². The van der Waals surface area contributed by atoms with Gasteiger partial charge in [-0.15, -0.1) is 0 Å². The molecule has 1 aliphatic rings. The van der Waals surface area contributed by atoms with Gasteiger partial charge >= 0.3 is 13.1 Å². The van der Waals surface area contributed by atoms with Gasteiger partial charge in [0.2, 0.25) is 0 Å². The maximum absolute atomic E-state index is 11.7. The lowest BCUT2D eigenvalue weighted by Gasteiger charge is -2.32. The van der Waals surface area contributed by atoms with E-state index in [1.54, 1.807) is 0 Å². The number of hydrogen-bond acceptors (Lipinski definition) is 6. The van der Waals surface area contributed by atoms with Crippen LogP contribution in [0.25, 0.3) is 0 Å². The minimum atomic E-state index is -0.784. The van der Waals surface area contributed by atoms with E-state index in [-0.39, 0.29) is 11.3 Å². The number of nitro benzene ring substituents is 1. The number of non-ortho nitro benzene ring substituents is 1. The number of hydrogen-bond donors (Lipinski definition) is 0. The second-order valence-corrected chi connectivity index (χ2v) is 6.15. The molecule has 1 saturated heterocycles. The summed E-state index contributed by atoms with van der Waals surface area (Å²) in [6.45, 7) is 11.5. The Kier molecular flexibility index (Phi) is 6.13. The smallest absolute Gasteiger partial charge is 0.465 e. The maximum Gasteiger partial charge on any atom is 0.495 e. The minimum Gasteiger partial charge on any atom is -0.465 e. The van der Waals surface area contributed by atoms with E-state index in [0.29, 0.717) is 5.46 Å². The molecule has 132 valence electrons. The highest BCUT2D eigenvalue weighted by Crippen LogP contribution is 2.36. The second kappa shape index (κ2) is 7.31. The van der Waals surface area contributed by atoms with E-state index in [1.807, 2.05) is 41.5 Å². The Hall–Kier alpha value is -1.93. The van der Waals surface area contributed by atoms with E-state index >= 15 is 0 Å². The highest BCUT2D eigenvalue weighted by molar-refractivity contribution is 6.62. The molecule has 0 saturated carbocycles. The molecule has 2 rings (SSSR count). The molecule has 0 amide bonds. The van der Waals surface area contributed by atoms with Crippen LogP contribution in [-0.4, -0.2) is 36.3 Å². The van der Waals surface area contributed by atoms with Gasteiger partial charge in [-0.05, 0) is 39.2 Å². The van der Waals surface area contributed by atoms with Crippen molar-refractivity contribution < 1.29 is 23.8 Å². The molecular weight excluding hydrogens is 313 g/mol. The molecule has 0 aromatic heterocycles. The van der Waals surface area contributed by atoms with Crippen LogP contribution in [0.15, 0.2) is 18.2 Å². The number of esters is 1.